The van der Waals surface area contributed by atoms with Gasteiger partial charge >= 0.3 is 5.97 Å². The molecule has 4 nitrogen and oxygen atoms in total. The molecule has 0 aromatic heterocycles. The Morgan fingerprint density at radius 2 is 2.06 bits per heavy atom. The predicted molar refractivity (Wildman–Crippen MR) is 66.9 cm³/mol. The molecule has 0 saturated carbocycles. The maximum atomic E-state index is 11.9. The quantitative estimate of drug-likeness (QED) is 0.820. The van der Waals surface area contributed by atoms with Gasteiger partial charge < -0.3 is 10.1 Å². The first-order chi connectivity index (χ1) is 8.65. The molecule has 0 aliphatic carbocycles. The van der Waals surface area contributed by atoms with Gasteiger partial charge in [0.1, 0.15) is 0 Å². The number of amides is 1. The van der Waals surface area contributed by atoms with E-state index in [2.05, 4.69) is 5.32 Å². The van der Waals surface area contributed by atoms with Gasteiger partial charge in [0.2, 0.25) is 5.91 Å². The van der Waals surface area contributed by atoms with Crippen LogP contribution in [0.3, 0.4) is 0 Å². The smallest absolute Gasteiger partial charge is 0.309 e. The summed E-state index contributed by atoms with van der Waals surface area (Å²) in [5.41, 5.74) is 1.08. The third-order valence-corrected chi connectivity index (χ3v) is 3.57. The predicted octanol–water partition coefficient (Wildman–Crippen LogP) is 1.33. The molecule has 0 bridgehead atoms. The number of hydrogen-bond acceptors (Lipinski definition) is 3. The van der Waals surface area contributed by atoms with E-state index in [1.807, 2.05) is 30.3 Å². The number of benzene rings is 1. The standard InChI is InChI=1S/C14H17NO3/c1-9(14(17)18-2)12-11(8-15-13(12)16)10-6-4-3-5-7-10/h3-7,9,11-12H,8H2,1-2H3,(H,15,16)/t9?,11-,12?/m1/s1. The fraction of sp³-hybridized carbons (Fsp3) is 0.429. The molecule has 4 heteroatoms. The highest BCUT2D eigenvalue weighted by atomic mass is 16.5. The highest BCUT2D eigenvalue weighted by Crippen LogP contribution is 2.34. The van der Waals surface area contributed by atoms with Crippen molar-refractivity contribution < 1.29 is 14.3 Å². The number of rotatable bonds is 3. The zero-order valence-electron chi connectivity index (χ0n) is 10.6. The minimum Gasteiger partial charge on any atom is -0.469 e. The number of ether oxygens (including phenoxy) is 1. The van der Waals surface area contributed by atoms with Crippen molar-refractivity contribution in [1.82, 2.24) is 5.32 Å². The largest absolute Gasteiger partial charge is 0.469 e. The second-order valence-corrected chi connectivity index (χ2v) is 4.60. The zero-order valence-corrected chi connectivity index (χ0v) is 10.6. The van der Waals surface area contributed by atoms with Crippen LogP contribution in [0.25, 0.3) is 0 Å². The molecular formula is C14H17NO3. The fourth-order valence-electron chi connectivity index (χ4n) is 2.57. The molecule has 1 aliphatic rings. The first-order valence-corrected chi connectivity index (χ1v) is 6.05. The highest BCUT2D eigenvalue weighted by Gasteiger charge is 2.42. The lowest BCUT2D eigenvalue weighted by atomic mass is 9.80. The molecular weight excluding hydrogens is 230 g/mol. The summed E-state index contributed by atoms with van der Waals surface area (Å²) >= 11 is 0. The van der Waals surface area contributed by atoms with Crippen molar-refractivity contribution in [1.29, 1.82) is 0 Å². The Bertz CT molecular complexity index is 444. The molecule has 1 heterocycles. The molecule has 1 aliphatic heterocycles. The van der Waals surface area contributed by atoms with E-state index in [1.54, 1.807) is 6.92 Å². The molecule has 1 amide bonds. The van der Waals surface area contributed by atoms with Gasteiger partial charge in [-0.3, -0.25) is 9.59 Å². The molecule has 3 atom stereocenters. The van der Waals surface area contributed by atoms with Crippen LogP contribution in [0.4, 0.5) is 0 Å². The van der Waals surface area contributed by atoms with E-state index in [9.17, 15) is 9.59 Å². The van der Waals surface area contributed by atoms with Crippen molar-refractivity contribution in [3.8, 4) is 0 Å². The maximum absolute atomic E-state index is 11.9. The van der Waals surface area contributed by atoms with Gasteiger partial charge in [-0.05, 0) is 5.56 Å². The Morgan fingerprint density at radius 3 is 2.67 bits per heavy atom. The summed E-state index contributed by atoms with van der Waals surface area (Å²) in [4.78, 5) is 23.5. The van der Waals surface area contributed by atoms with E-state index >= 15 is 0 Å². The van der Waals surface area contributed by atoms with Crippen molar-refractivity contribution >= 4 is 11.9 Å². The average Bonchev–Trinajstić information content (AvgIpc) is 2.80. The summed E-state index contributed by atoms with van der Waals surface area (Å²) in [6.07, 6.45) is 0. The van der Waals surface area contributed by atoms with E-state index < -0.39 is 5.92 Å². The van der Waals surface area contributed by atoms with Crippen LogP contribution in [0.15, 0.2) is 30.3 Å². The maximum Gasteiger partial charge on any atom is 0.309 e. The van der Waals surface area contributed by atoms with Crippen molar-refractivity contribution in [2.45, 2.75) is 12.8 Å². The topological polar surface area (TPSA) is 55.4 Å². The molecule has 1 aromatic carbocycles. The lowest BCUT2D eigenvalue weighted by Crippen LogP contribution is -2.31. The van der Waals surface area contributed by atoms with Crippen LogP contribution in [0.5, 0.6) is 0 Å². The number of carbonyl (C=O) groups excluding carboxylic acids is 2. The van der Waals surface area contributed by atoms with Gasteiger partial charge in [-0.1, -0.05) is 37.3 Å². The summed E-state index contributed by atoms with van der Waals surface area (Å²) < 4.78 is 4.74. The number of methoxy groups -OCH3 is 1. The van der Waals surface area contributed by atoms with Gasteiger partial charge in [0.05, 0.1) is 18.9 Å². The van der Waals surface area contributed by atoms with E-state index in [0.29, 0.717) is 6.54 Å². The Labute approximate surface area is 106 Å². The molecule has 2 unspecified atom stereocenters. The lowest BCUT2D eigenvalue weighted by Gasteiger charge is -2.21. The van der Waals surface area contributed by atoms with Crippen molar-refractivity contribution in [3.05, 3.63) is 35.9 Å². The van der Waals surface area contributed by atoms with Crippen LogP contribution in [0.2, 0.25) is 0 Å². The normalized spacial score (nSPS) is 24.4. The van der Waals surface area contributed by atoms with Gasteiger partial charge in [-0.15, -0.1) is 0 Å². The van der Waals surface area contributed by atoms with E-state index in [-0.39, 0.29) is 23.7 Å². The lowest BCUT2D eigenvalue weighted by molar-refractivity contribution is -0.149. The van der Waals surface area contributed by atoms with Crippen molar-refractivity contribution in [2.75, 3.05) is 13.7 Å². The molecule has 18 heavy (non-hydrogen) atoms. The van der Waals surface area contributed by atoms with E-state index in [4.69, 9.17) is 4.74 Å². The molecule has 1 saturated heterocycles. The van der Waals surface area contributed by atoms with E-state index in [1.165, 1.54) is 7.11 Å². The Morgan fingerprint density at radius 1 is 1.39 bits per heavy atom. The first-order valence-electron chi connectivity index (χ1n) is 6.05. The average molecular weight is 247 g/mol. The van der Waals surface area contributed by atoms with Crippen molar-refractivity contribution in [3.63, 3.8) is 0 Å². The van der Waals surface area contributed by atoms with Crippen LogP contribution < -0.4 is 5.32 Å². The molecule has 1 aromatic rings. The Kier molecular flexibility index (Phi) is 3.65. The molecule has 1 fully saturated rings. The minimum atomic E-state index is -0.428. The SMILES string of the molecule is COC(=O)C(C)C1C(=O)NC[C@@H]1c1ccccc1. The Balaban J connectivity index is 2.26. The highest BCUT2D eigenvalue weighted by molar-refractivity contribution is 5.88. The van der Waals surface area contributed by atoms with Crippen LogP contribution >= 0.6 is 0 Å². The molecule has 0 radical (unpaired) electrons. The number of carbonyl (C=O) groups is 2. The number of hydrogen-bond donors (Lipinski definition) is 1. The van der Waals surface area contributed by atoms with Crippen LogP contribution in [-0.4, -0.2) is 25.5 Å². The van der Waals surface area contributed by atoms with Gasteiger partial charge in [0, 0.05) is 12.5 Å². The second-order valence-electron chi connectivity index (χ2n) is 4.60. The summed E-state index contributed by atoms with van der Waals surface area (Å²) in [5, 5.41) is 2.83. The third kappa shape index (κ3) is 2.23. The van der Waals surface area contributed by atoms with Gasteiger partial charge in [0.25, 0.3) is 0 Å². The third-order valence-electron chi connectivity index (χ3n) is 3.57. The summed E-state index contributed by atoms with van der Waals surface area (Å²) in [7, 11) is 1.35. The molecule has 1 N–H and O–H groups in total. The van der Waals surface area contributed by atoms with E-state index in [0.717, 1.165) is 5.56 Å². The Hall–Kier alpha value is -1.84. The second kappa shape index (κ2) is 5.21. The fourth-order valence-corrected chi connectivity index (χ4v) is 2.57. The summed E-state index contributed by atoms with van der Waals surface area (Å²) in [6, 6.07) is 9.80. The van der Waals surface area contributed by atoms with Crippen LogP contribution in [0.1, 0.15) is 18.4 Å². The van der Waals surface area contributed by atoms with Gasteiger partial charge in [0.15, 0.2) is 0 Å². The van der Waals surface area contributed by atoms with Crippen LogP contribution in [-0.2, 0) is 14.3 Å². The molecule has 96 valence electrons. The molecule has 0 spiro atoms. The minimum absolute atomic E-state index is 0.0350. The molecule has 2 rings (SSSR count). The van der Waals surface area contributed by atoms with Crippen molar-refractivity contribution in [2.24, 2.45) is 11.8 Å². The van der Waals surface area contributed by atoms with Gasteiger partial charge in [-0.25, -0.2) is 0 Å². The van der Waals surface area contributed by atoms with Crippen LogP contribution in [0, 0.1) is 11.8 Å². The number of nitrogens with one attached hydrogen (secondary N) is 1. The monoisotopic (exact) mass is 247 g/mol. The number of esters is 1. The summed E-state index contributed by atoms with van der Waals surface area (Å²) in [5.74, 6) is -1.14. The zero-order chi connectivity index (χ0) is 13.1. The summed E-state index contributed by atoms with van der Waals surface area (Å²) in [6.45, 7) is 2.33. The van der Waals surface area contributed by atoms with Gasteiger partial charge in [-0.2, -0.15) is 0 Å². The first kappa shape index (κ1) is 12.6.